The molecule has 3 nitrogen and oxygen atoms in total. The molecular formula is C24H29F3N2OS. The molecule has 0 bridgehead atoms. The third-order valence-electron chi connectivity index (χ3n) is 6.18. The number of benzene rings is 2. The fourth-order valence-corrected chi connectivity index (χ4v) is 4.98. The maximum atomic E-state index is 13.1. The van der Waals surface area contributed by atoms with Crippen molar-refractivity contribution in [2.75, 3.05) is 26.3 Å². The molecule has 168 valence electrons. The Morgan fingerprint density at radius 1 is 0.968 bits per heavy atom. The van der Waals surface area contributed by atoms with Crippen molar-refractivity contribution >= 4 is 22.6 Å². The van der Waals surface area contributed by atoms with E-state index in [4.69, 9.17) is 4.74 Å². The second-order valence-corrected chi connectivity index (χ2v) is 8.88. The lowest BCUT2D eigenvalue weighted by atomic mass is 9.90. The van der Waals surface area contributed by atoms with E-state index in [1.165, 1.54) is 39.4 Å². The van der Waals surface area contributed by atoms with E-state index in [0.717, 1.165) is 23.1 Å². The molecule has 0 N–H and O–H groups in total. The number of aliphatic imine (C=N–C) groups is 1. The monoisotopic (exact) mass is 450 g/mol. The highest BCUT2D eigenvalue weighted by Crippen LogP contribution is 2.33. The smallest absolute Gasteiger partial charge is 0.378 e. The molecule has 1 aliphatic rings. The summed E-state index contributed by atoms with van der Waals surface area (Å²) in [6.07, 6.45) is -4.39. The van der Waals surface area contributed by atoms with E-state index in [9.17, 15) is 13.2 Å². The highest BCUT2D eigenvalue weighted by atomic mass is 32.2. The topological polar surface area (TPSA) is 24.8 Å². The van der Waals surface area contributed by atoms with Gasteiger partial charge < -0.3 is 9.64 Å². The molecule has 0 aliphatic carbocycles. The van der Waals surface area contributed by atoms with Crippen LogP contribution in [0.1, 0.15) is 38.9 Å². The minimum atomic E-state index is -4.39. The van der Waals surface area contributed by atoms with E-state index in [2.05, 4.69) is 44.5 Å². The number of hydrogen-bond donors (Lipinski definition) is 0. The van der Waals surface area contributed by atoms with Gasteiger partial charge in [-0.05, 0) is 86.2 Å². The quantitative estimate of drug-likeness (QED) is 0.394. The maximum Gasteiger partial charge on any atom is 0.416 e. The molecule has 0 saturated carbocycles. The second-order valence-electron chi connectivity index (χ2n) is 7.93. The number of hydrogen-bond acceptors (Lipinski definition) is 3. The summed E-state index contributed by atoms with van der Waals surface area (Å²) in [5.41, 5.74) is 7.35. The zero-order valence-electron chi connectivity index (χ0n) is 18.7. The Morgan fingerprint density at radius 2 is 1.55 bits per heavy atom. The summed E-state index contributed by atoms with van der Waals surface area (Å²) in [6, 6.07) is 5.21. The van der Waals surface area contributed by atoms with Crippen molar-refractivity contribution in [1.82, 2.24) is 4.90 Å². The van der Waals surface area contributed by atoms with Crippen LogP contribution in [0.3, 0.4) is 0 Å². The summed E-state index contributed by atoms with van der Waals surface area (Å²) >= 11 is 1.58. The van der Waals surface area contributed by atoms with Crippen molar-refractivity contribution in [1.29, 1.82) is 0 Å². The molecule has 0 unspecified atom stereocenters. The Hall–Kier alpha value is -1.99. The summed E-state index contributed by atoms with van der Waals surface area (Å²) in [6.45, 7) is 13.2. The van der Waals surface area contributed by atoms with E-state index in [-0.39, 0.29) is 0 Å². The van der Waals surface area contributed by atoms with E-state index in [0.29, 0.717) is 32.0 Å². The molecule has 1 fully saturated rings. The summed E-state index contributed by atoms with van der Waals surface area (Å²) < 4.78 is 44.9. The SMILES string of the molecule is Cc1c(C)c(C)c(CSC(=Nc2cccc(C(F)(F)F)c2)N2CCOCC2)c(C)c1C. The van der Waals surface area contributed by atoms with Crippen molar-refractivity contribution in [3.63, 3.8) is 0 Å². The van der Waals surface area contributed by atoms with Gasteiger partial charge in [0.15, 0.2) is 5.17 Å². The van der Waals surface area contributed by atoms with Crippen molar-refractivity contribution < 1.29 is 17.9 Å². The van der Waals surface area contributed by atoms with Gasteiger partial charge in [-0.3, -0.25) is 0 Å². The summed E-state index contributed by atoms with van der Waals surface area (Å²) in [7, 11) is 0. The van der Waals surface area contributed by atoms with Crippen molar-refractivity contribution in [3.05, 3.63) is 63.2 Å². The van der Waals surface area contributed by atoms with Crippen LogP contribution in [0.5, 0.6) is 0 Å². The zero-order valence-corrected chi connectivity index (χ0v) is 19.5. The fraction of sp³-hybridized carbons (Fsp3) is 0.458. The Bertz CT molecular complexity index is 951. The van der Waals surface area contributed by atoms with Crippen LogP contribution in [0.2, 0.25) is 0 Å². The number of amidine groups is 1. The van der Waals surface area contributed by atoms with Crippen LogP contribution >= 0.6 is 11.8 Å². The first-order valence-electron chi connectivity index (χ1n) is 10.4. The molecule has 31 heavy (non-hydrogen) atoms. The van der Waals surface area contributed by atoms with Gasteiger partial charge in [0.25, 0.3) is 0 Å². The van der Waals surface area contributed by atoms with Gasteiger partial charge in [0.05, 0.1) is 24.5 Å². The van der Waals surface area contributed by atoms with Crippen LogP contribution in [0.4, 0.5) is 18.9 Å². The summed E-state index contributed by atoms with van der Waals surface area (Å²) in [5.74, 6) is 0.717. The normalized spacial score (nSPS) is 15.5. The van der Waals surface area contributed by atoms with Gasteiger partial charge in [-0.2, -0.15) is 13.2 Å². The number of thioether (sulfide) groups is 1. The molecule has 0 atom stereocenters. The average molecular weight is 451 g/mol. The molecule has 1 saturated heterocycles. The standard InChI is InChI=1S/C24H29F3N2OS/c1-15-16(2)18(4)22(19(5)17(15)3)14-31-23(29-9-11-30-12-10-29)28-21-8-6-7-20(13-21)24(25,26)27/h6-8,13H,9-12,14H2,1-5H3. The molecule has 2 aromatic carbocycles. The highest BCUT2D eigenvalue weighted by molar-refractivity contribution is 8.13. The van der Waals surface area contributed by atoms with Gasteiger partial charge in [0.2, 0.25) is 0 Å². The molecule has 0 spiro atoms. The van der Waals surface area contributed by atoms with Crippen molar-refractivity contribution in [2.45, 2.75) is 46.5 Å². The molecule has 0 aromatic heterocycles. The summed E-state index contributed by atoms with van der Waals surface area (Å²) in [5, 5.41) is 0.734. The molecule has 2 aromatic rings. The van der Waals surface area contributed by atoms with Crippen molar-refractivity contribution in [3.8, 4) is 0 Å². The lowest BCUT2D eigenvalue weighted by molar-refractivity contribution is -0.137. The van der Waals surface area contributed by atoms with Gasteiger partial charge in [0.1, 0.15) is 0 Å². The predicted octanol–water partition coefficient (Wildman–Crippen LogP) is 6.50. The number of alkyl halides is 3. The molecule has 3 rings (SSSR count). The lowest BCUT2D eigenvalue weighted by Gasteiger charge is -2.30. The number of rotatable bonds is 3. The zero-order chi connectivity index (χ0) is 22.8. The third kappa shape index (κ3) is 5.44. The van der Waals surface area contributed by atoms with Gasteiger partial charge in [0, 0.05) is 18.8 Å². The van der Waals surface area contributed by atoms with Gasteiger partial charge in [-0.1, -0.05) is 17.8 Å². The van der Waals surface area contributed by atoms with E-state index >= 15 is 0 Å². The fourth-order valence-electron chi connectivity index (χ4n) is 3.74. The maximum absolute atomic E-state index is 13.1. The average Bonchev–Trinajstić information content (AvgIpc) is 2.75. The Balaban J connectivity index is 1.94. The predicted molar refractivity (Wildman–Crippen MR) is 122 cm³/mol. The highest BCUT2D eigenvalue weighted by Gasteiger charge is 2.30. The molecule has 7 heteroatoms. The molecule has 1 heterocycles. The summed E-state index contributed by atoms with van der Waals surface area (Å²) in [4.78, 5) is 6.75. The molecule has 1 aliphatic heterocycles. The van der Waals surface area contributed by atoms with E-state index in [1.54, 1.807) is 17.8 Å². The molecule has 0 radical (unpaired) electrons. The van der Waals surface area contributed by atoms with E-state index < -0.39 is 11.7 Å². The second kappa shape index (κ2) is 9.65. The largest absolute Gasteiger partial charge is 0.416 e. The Kier molecular flexibility index (Phi) is 7.37. The third-order valence-corrected chi connectivity index (χ3v) is 7.22. The van der Waals surface area contributed by atoms with Crippen LogP contribution in [0.15, 0.2) is 29.3 Å². The number of ether oxygens (including phenoxy) is 1. The first kappa shape index (κ1) is 23.7. The van der Waals surface area contributed by atoms with Crippen LogP contribution < -0.4 is 0 Å². The van der Waals surface area contributed by atoms with E-state index in [1.807, 2.05) is 0 Å². The minimum absolute atomic E-state index is 0.313. The van der Waals surface area contributed by atoms with Gasteiger partial charge in [-0.25, -0.2) is 4.99 Å². The van der Waals surface area contributed by atoms with Crippen LogP contribution in [0, 0.1) is 34.6 Å². The van der Waals surface area contributed by atoms with Gasteiger partial charge in [-0.15, -0.1) is 0 Å². The number of nitrogens with zero attached hydrogens (tertiary/aromatic N) is 2. The molecular weight excluding hydrogens is 421 g/mol. The van der Waals surface area contributed by atoms with Gasteiger partial charge >= 0.3 is 6.18 Å². The van der Waals surface area contributed by atoms with Crippen molar-refractivity contribution in [2.24, 2.45) is 4.99 Å². The molecule has 0 amide bonds. The number of morpholine rings is 1. The van der Waals surface area contributed by atoms with Crippen LogP contribution in [0.25, 0.3) is 0 Å². The minimum Gasteiger partial charge on any atom is -0.378 e. The van der Waals surface area contributed by atoms with Crippen LogP contribution in [-0.4, -0.2) is 36.4 Å². The lowest BCUT2D eigenvalue weighted by Crippen LogP contribution is -2.39. The Labute approximate surface area is 186 Å². The van der Waals surface area contributed by atoms with Crippen LogP contribution in [-0.2, 0) is 16.7 Å². The number of halogens is 3. The first-order chi connectivity index (χ1) is 14.6. The Morgan fingerprint density at radius 3 is 2.13 bits per heavy atom. The first-order valence-corrected chi connectivity index (χ1v) is 11.4.